The summed E-state index contributed by atoms with van der Waals surface area (Å²) in [6.45, 7) is 0.150. The zero-order valence-electron chi connectivity index (χ0n) is 17.0. The van der Waals surface area contributed by atoms with E-state index in [2.05, 4.69) is 10.4 Å². The third-order valence-corrected chi connectivity index (χ3v) is 5.02. The van der Waals surface area contributed by atoms with Gasteiger partial charge in [0, 0.05) is 23.5 Å². The molecule has 5 rings (SSSR count). The van der Waals surface area contributed by atoms with E-state index in [0.29, 0.717) is 45.4 Å². The number of halogens is 1. The van der Waals surface area contributed by atoms with Crippen LogP contribution in [0.5, 0.6) is 17.2 Å². The number of carbonyl (C=O) groups excluding carboxylic acids is 1. The molecule has 0 spiro atoms. The Labute approximate surface area is 183 Å². The van der Waals surface area contributed by atoms with Crippen LogP contribution < -0.4 is 19.5 Å². The number of hydrogen-bond acceptors (Lipinski definition) is 5. The molecule has 8 heteroatoms. The largest absolute Gasteiger partial charge is 0.497 e. The van der Waals surface area contributed by atoms with Crippen LogP contribution in [0.25, 0.3) is 16.9 Å². The summed E-state index contributed by atoms with van der Waals surface area (Å²) >= 11 is 0. The molecular formula is C24H18FN3O4. The number of rotatable bonds is 5. The number of hydrogen-bond donors (Lipinski definition) is 1. The Morgan fingerprint density at radius 1 is 1.06 bits per heavy atom. The number of nitrogens with zero attached hydrogens (tertiary/aromatic N) is 2. The van der Waals surface area contributed by atoms with Crippen LogP contribution in [0.4, 0.5) is 10.1 Å². The number of nitrogens with one attached hydrogen (secondary N) is 1. The molecule has 1 aliphatic rings. The first kappa shape index (κ1) is 19.6. The monoisotopic (exact) mass is 431 g/mol. The van der Waals surface area contributed by atoms with E-state index >= 15 is 0 Å². The minimum Gasteiger partial charge on any atom is -0.497 e. The fourth-order valence-electron chi connectivity index (χ4n) is 3.42. The first-order chi connectivity index (χ1) is 15.6. The van der Waals surface area contributed by atoms with Gasteiger partial charge in [-0.05, 0) is 48.5 Å². The van der Waals surface area contributed by atoms with Crippen LogP contribution in [0.3, 0.4) is 0 Å². The molecule has 2 heterocycles. The summed E-state index contributed by atoms with van der Waals surface area (Å²) in [5.74, 6) is 1.13. The first-order valence-electron chi connectivity index (χ1n) is 9.82. The number of methoxy groups -OCH3 is 1. The molecule has 0 fully saturated rings. The molecule has 0 saturated heterocycles. The van der Waals surface area contributed by atoms with Gasteiger partial charge in [-0.15, -0.1) is 0 Å². The lowest BCUT2D eigenvalue weighted by molar-refractivity contribution is 0.102. The maximum atomic E-state index is 13.4. The Balaban J connectivity index is 1.54. The van der Waals surface area contributed by atoms with Gasteiger partial charge in [-0.1, -0.05) is 12.1 Å². The molecule has 1 aliphatic heterocycles. The van der Waals surface area contributed by atoms with Crippen LogP contribution in [0.1, 0.15) is 10.4 Å². The van der Waals surface area contributed by atoms with Crippen LogP contribution >= 0.6 is 0 Å². The van der Waals surface area contributed by atoms with E-state index in [0.717, 1.165) is 0 Å². The van der Waals surface area contributed by atoms with Crippen molar-refractivity contribution in [3.8, 4) is 34.2 Å². The van der Waals surface area contributed by atoms with Gasteiger partial charge in [0.05, 0.1) is 18.4 Å². The van der Waals surface area contributed by atoms with Gasteiger partial charge in [-0.3, -0.25) is 4.79 Å². The zero-order chi connectivity index (χ0) is 22.1. The number of carbonyl (C=O) groups is 1. The van der Waals surface area contributed by atoms with Gasteiger partial charge in [0.2, 0.25) is 6.79 Å². The van der Waals surface area contributed by atoms with Gasteiger partial charge in [0.25, 0.3) is 5.91 Å². The summed E-state index contributed by atoms with van der Waals surface area (Å²) in [5.41, 5.74) is 2.70. The van der Waals surface area contributed by atoms with Crippen molar-refractivity contribution in [1.29, 1.82) is 0 Å². The molecule has 1 aromatic heterocycles. The Morgan fingerprint density at radius 3 is 2.69 bits per heavy atom. The second kappa shape index (κ2) is 8.07. The number of amides is 1. The van der Waals surface area contributed by atoms with E-state index in [9.17, 15) is 9.18 Å². The molecule has 32 heavy (non-hydrogen) atoms. The van der Waals surface area contributed by atoms with Gasteiger partial charge in [-0.2, -0.15) is 5.10 Å². The molecule has 1 amide bonds. The molecule has 0 bridgehead atoms. The summed E-state index contributed by atoms with van der Waals surface area (Å²) in [6.07, 6.45) is 1.62. The fraction of sp³-hybridized carbons (Fsp3) is 0.0833. The predicted molar refractivity (Wildman–Crippen MR) is 116 cm³/mol. The SMILES string of the molecule is COc1cccc(-c2nn(-c3ccc(F)cc3)cc2C(=O)Nc2ccc3c(c2)OCO3)c1. The molecule has 0 aliphatic carbocycles. The number of anilines is 1. The van der Waals surface area contributed by atoms with Gasteiger partial charge >= 0.3 is 0 Å². The lowest BCUT2D eigenvalue weighted by Crippen LogP contribution is -2.12. The Morgan fingerprint density at radius 2 is 1.88 bits per heavy atom. The second-order valence-electron chi connectivity index (χ2n) is 7.07. The number of benzene rings is 3. The van der Waals surface area contributed by atoms with E-state index in [-0.39, 0.29) is 18.5 Å². The third kappa shape index (κ3) is 3.74. The van der Waals surface area contributed by atoms with Crippen LogP contribution in [-0.2, 0) is 0 Å². The molecule has 160 valence electrons. The summed E-state index contributed by atoms with van der Waals surface area (Å²) in [6, 6.07) is 18.3. The molecule has 7 nitrogen and oxygen atoms in total. The second-order valence-corrected chi connectivity index (χ2v) is 7.07. The lowest BCUT2D eigenvalue weighted by Gasteiger charge is -2.07. The molecule has 0 atom stereocenters. The average Bonchev–Trinajstić information content (AvgIpc) is 3.47. The predicted octanol–water partition coefficient (Wildman–Crippen LogP) is 4.67. The van der Waals surface area contributed by atoms with Crippen molar-refractivity contribution in [3.63, 3.8) is 0 Å². The first-order valence-corrected chi connectivity index (χ1v) is 9.82. The summed E-state index contributed by atoms with van der Waals surface area (Å²) < 4.78 is 30.9. The Kier molecular flexibility index (Phi) is 4.95. The van der Waals surface area contributed by atoms with Gasteiger partial charge in [-0.25, -0.2) is 9.07 Å². The summed E-state index contributed by atoms with van der Waals surface area (Å²) in [7, 11) is 1.57. The highest BCUT2D eigenvalue weighted by Gasteiger charge is 2.21. The standard InChI is InChI=1S/C24H18FN3O4/c1-30-19-4-2-3-15(11-19)23-20(13-28(27-23)18-8-5-16(25)6-9-18)24(29)26-17-7-10-21-22(12-17)32-14-31-21/h2-13H,14H2,1H3,(H,26,29). The third-order valence-electron chi connectivity index (χ3n) is 5.02. The Hall–Kier alpha value is -4.33. The summed E-state index contributed by atoms with van der Waals surface area (Å²) in [4.78, 5) is 13.2. The highest BCUT2D eigenvalue weighted by Crippen LogP contribution is 2.35. The quantitative estimate of drug-likeness (QED) is 0.497. The van der Waals surface area contributed by atoms with Crippen molar-refractivity contribution < 1.29 is 23.4 Å². The van der Waals surface area contributed by atoms with Crippen LogP contribution in [-0.4, -0.2) is 29.6 Å². The number of ether oxygens (including phenoxy) is 3. The zero-order valence-corrected chi connectivity index (χ0v) is 17.0. The molecule has 4 aromatic rings. The minimum absolute atomic E-state index is 0.150. The fourth-order valence-corrected chi connectivity index (χ4v) is 3.42. The van der Waals surface area contributed by atoms with E-state index in [4.69, 9.17) is 14.2 Å². The molecular weight excluding hydrogens is 413 g/mol. The van der Waals surface area contributed by atoms with E-state index < -0.39 is 0 Å². The van der Waals surface area contributed by atoms with Crippen LogP contribution in [0.15, 0.2) is 72.9 Å². The lowest BCUT2D eigenvalue weighted by atomic mass is 10.1. The number of aromatic nitrogens is 2. The van der Waals surface area contributed by atoms with Crippen molar-refractivity contribution in [1.82, 2.24) is 9.78 Å². The van der Waals surface area contributed by atoms with Crippen molar-refractivity contribution in [2.24, 2.45) is 0 Å². The van der Waals surface area contributed by atoms with Crippen molar-refractivity contribution >= 4 is 11.6 Å². The molecule has 1 N–H and O–H groups in total. The van der Waals surface area contributed by atoms with Gasteiger partial charge < -0.3 is 19.5 Å². The number of fused-ring (bicyclic) bond motifs is 1. The van der Waals surface area contributed by atoms with E-state index in [1.165, 1.54) is 12.1 Å². The molecule has 3 aromatic carbocycles. The Bertz CT molecular complexity index is 1300. The molecule has 0 saturated carbocycles. The van der Waals surface area contributed by atoms with E-state index in [1.54, 1.807) is 54.4 Å². The topological polar surface area (TPSA) is 74.6 Å². The van der Waals surface area contributed by atoms with Gasteiger partial charge in [0.15, 0.2) is 11.5 Å². The highest BCUT2D eigenvalue weighted by atomic mass is 19.1. The minimum atomic E-state index is -0.352. The highest BCUT2D eigenvalue weighted by molar-refractivity contribution is 6.08. The van der Waals surface area contributed by atoms with Crippen molar-refractivity contribution in [2.45, 2.75) is 0 Å². The normalized spacial score (nSPS) is 11.9. The molecule has 0 unspecified atom stereocenters. The van der Waals surface area contributed by atoms with Crippen LogP contribution in [0.2, 0.25) is 0 Å². The van der Waals surface area contributed by atoms with Crippen molar-refractivity contribution in [3.05, 3.63) is 84.3 Å². The van der Waals surface area contributed by atoms with Crippen LogP contribution in [0, 0.1) is 5.82 Å². The average molecular weight is 431 g/mol. The maximum absolute atomic E-state index is 13.4. The molecule has 0 radical (unpaired) electrons. The smallest absolute Gasteiger partial charge is 0.259 e. The maximum Gasteiger partial charge on any atom is 0.259 e. The van der Waals surface area contributed by atoms with E-state index in [1.807, 2.05) is 18.2 Å². The van der Waals surface area contributed by atoms with Gasteiger partial charge in [0.1, 0.15) is 17.3 Å². The van der Waals surface area contributed by atoms with Crippen molar-refractivity contribution in [2.75, 3.05) is 19.2 Å². The summed E-state index contributed by atoms with van der Waals surface area (Å²) in [5, 5.41) is 7.49.